The van der Waals surface area contributed by atoms with Gasteiger partial charge in [0.2, 0.25) is 0 Å². The lowest BCUT2D eigenvalue weighted by atomic mass is 10.3. The predicted molar refractivity (Wildman–Crippen MR) is 77.9 cm³/mol. The number of nitrogens with two attached hydrogens (primary N) is 1. The second-order valence-corrected chi connectivity index (χ2v) is 6.50. The van der Waals surface area contributed by atoms with Crippen LogP contribution in [0, 0.1) is 6.92 Å². The minimum atomic E-state index is -0.408. The van der Waals surface area contributed by atoms with E-state index in [2.05, 4.69) is 5.32 Å². The molecule has 2 aromatic heterocycles. The van der Waals surface area contributed by atoms with Crippen molar-refractivity contribution in [2.45, 2.75) is 13.3 Å². The first-order valence-corrected chi connectivity index (χ1v) is 7.42. The normalized spacial score (nSPS) is 10.4. The van der Waals surface area contributed by atoms with Crippen molar-refractivity contribution in [1.82, 2.24) is 5.32 Å². The lowest BCUT2D eigenvalue weighted by Gasteiger charge is -2.01. The molecule has 2 amide bonds. The summed E-state index contributed by atoms with van der Waals surface area (Å²) < 4.78 is 0. The number of hydrogen-bond donors (Lipinski definition) is 2. The van der Waals surface area contributed by atoms with E-state index in [1.54, 1.807) is 6.07 Å². The van der Waals surface area contributed by atoms with Crippen molar-refractivity contribution < 1.29 is 9.59 Å². The summed E-state index contributed by atoms with van der Waals surface area (Å²) in [6.07, 6.45) is 0.702. The van der Waals surface area contributed by atoms with E-state index < -0.39 is 5.91 Å². The maximum atomic E-state index is 11.8. The Morgan fingerprint density at radius 3 is 2.47 bits per heavy atom. The lowest BCUT2D eigenvalue weighted by Crippen LogP contribution is -2.24. The Bertz CT molecular complexity index is 601. The van der Waals surface area contributed by atoms with Crippen LogP contribution < -0.4 is 11.1 Å². The first kappa shape index (κ1) is 13.8. The van der Waals surface area contributed by atoms with Crippen molar-refractivity contribution in [3.8, 4) is 0 Å². The molecule has 4 nitrogen and oxygen atoms in total. The summed E-state index contributed by atoms with van der Waals surface area (Å²) in [5, 5.41) is 2.86. The third-order valence-corrected chi connectivity index (χ3v) is 4.68. The Hall–Kier alpha value is -1.66. The van der Waals surface area contributed by atoms with Crippen molar-refractivity contribution in [3.63, 3.8) is 0 Å². The fourth-order valence-electron chi connectivity index (χ4n) is 1.59. The highest BCUT2D eigenvalue weighted by Crippen LogP contribution is 2.17. The monoisotopic (exact) mass is 294 g/mol. The van der Waals surface area contributed by atoms with E-state index in [1.807, 2.05) is 25.1 Å². The Balaban J connectivity index is 1.83. The summed E-state index contributed by atoms with van der Waals surface area (Å²) in [4.78, 5) is 26.2. The average Bonchev–Trinajstić information content (AvgIpc) is 2.98. The van der Waals surface area contributed by atoms with Crippen LogP contribution in [0.15, 0.2) is 24.3 Å². The van der Waals surface area contributed by atoms with Crippen LogP contribution in [0.4, 0.5) is 0 Å². The van der Waals surface area contributed by atoms with E-state index in [0.29, 0.717) is 17.8 Å². The first-order valence-electron chi connectivity index (χ1n) is 5.79. The maximum Gasteiger partial charge on any atom is 0.261 e. The van der Waals surface area contributed by atoms with Gasteiger partial charge in [-0.15, -0.1) is 22.7 Å². The van der Waals surface area contributed by atoms with E-state index in [-0.39, 0.29) is 5.91 Å². The zero-order chi connectivity index (χ0) is 13.8. The average molecular weight is 294 g/mol. The second kappa shape index (κ2) is 5.99. The number of aryl methyl sites for hydroxylation is 1. The smallest absolute Gasteiger partial charge is 0.261 e. The van der Waals surface area contributed by atoms with Gasteiger partial charge in [0.15, 0.2) is 0 Å². The van der Waals surface area contributed by atoms with Gasteiger partial charge < -0.3 is 11.1 Å². The SMILES string of the molecule is Cc1ccc(C(=O)NCCc2ccc(C(N)=O)s2)s1. The van der Waals surface area contributed by atoms with Crippen molar-refractivity contribution in [2.75, 3.05) is 6.54 Å². The molecule has 19 heavy (non-hydrogen) atoms. The summed E-state index contributed by atoms with van der Waals surface area (Å²) in [7, 11) is 0. The van der Waals surface area contributed by atoms with Gasteiger partial charge in [0.1, 0.15) is 0 Å². The molecule has 0 bridgehead atoms. The number of primary amides is 1. The van der Waals surface area contributed by atoms with Gasteiger partial charge >= 0.3 is 0 Å². The number of thiophene rings is 2. The van der Waals surface area contributed by atoms with Crippen LogP contribution in [0.2, 0.25) is 0 Å². The van der Waals surface area contributed by atoms with Crippen LogP contribution in [0.5, 0.6) is 0 Å². The fourth-order valence-corrected chi connectivity index (χ4v) is 3.23. The standard InChI is InChI=1S/C13H14N2O2S2/c1-8-2-4-11(18-8)13(17)15-7-6-9-3-5-10(19-9)12(14)16/h2-5H,6-7H2,1H3,(H2,14,16)(H,15,17). The molecule has 100 valence electrons. The highest BCUT2D eigenvalue weighted by Gasteiger charge is 2.08. The van der Waals surface area contributed by atoms with E-state index in [1.165, 1.54) is 22.7 Å². The maximum absolute atomic E-state index is 11.8. The van der Waals surface area contributed by atoms with Gasteiger partial charge in [-0.3, -0.25) is 9.59 Å². The van der Waals surface area contributed by atoms with Gasteiger partial charge in [-0.1, -0.05) is 0 Å². The largest absolute Gasteiger partial charge is 0.365 e. The van der Waals surface area contributed by atoms with Crippen molar-refractivity contribution in [3.05, 3.63) is 43.8 Å². The Morgan fingerprint density at radius 1 is 1.16 bits per heavy atom. The Labute approximate surface area is 119 Å². The Morgan fingerprint density at radius 2 is 1.89 bits per heavy atom. The van der Waals surface area contributed by atoms with Crippen LogP contribution in [0.1, 0.15) is 29.1 Å². The molecule has 2 aromatic rings. The van der Waals surface area contributed by atoms with Gasteiger partial charge in [-0.25, -0.2) is 0 Å². The Kier molecular flexibility index (Phi) is 4.34. The molecule has 0 saturated carbocycles. The number of hydrogen-bond acceptors (Lipinski definition) is 4. The van der Waals surface area contributed by atoms with Crippen LogP contribution in [-0.4, -0.2) is 18.4 Å². The number of carbonyl (C=O) groups excluding carboxylic acids is 2. The predicted octanol–water partition coefficient (Wildman–Crippen LogP) is 2.19. The highest BCUT2D eigenvalue weighted by molar-refractivity contribution is 7.14. The number of amides is 2. The number of nitrogens with one attached hydrogen (secondary N) is 1. The molecule has 0 saturated heterocycles. The van der Waals surface area contributed by atoms with E-state index >= 15 is 0 Å². The molecule has 0 unspecified atom stereocenters. The topological polar surface area (TPSA) is 72.2 Å². The molecular formula is C13H14N2O2S2. The van der Waals surface area contributed by atoms with Crippen molar-refractivity contribution >= 4 is 34.5 Å². The van der Waals surface area contributed by atoms with Crippen LogP contribution in [0.3, 0.4) is 0 Å². The van der Waals surface area contributed by atoms with Crippen LogP contribution >= 0.6 is 22.7 Å². The number of carbonyl (C=O) groups is 2. The van der Waals surface area contributed by atoms with Crippen LogP contribution in [0.25, 0.3) is 0 Å². The summed E-state index contributed by atoms with van der Waals surface area (Å²) in [5.41, 5.74) is 5.19. The van der Waals surface area contributed by atoms with E-state index in [9.17, 15) is 9.59 Å². The zero-order valence-electron chi connectivity index (χ0n) is 10.4. The molecular weight excluding hydrogens is 280 g/mol. The third-order valence-electron chi connectivity index (χ3n) is 2.53. The molecule has 2 heterocycles. The summed E-state index contributed by atoms with van der Waals surface area (Å²) in [6.45, 7) is 2.52. The summed E-state index contributed by atoms with van der Waals surface area (Å²) >= 11 is 2.85. The van der Waals surface area contributed by atoms with Crippen molar-refractivity contribution in [2.24, 2.45) is 5.73 Å². The van der Waals surface area contributed by atoms with Gasteiger partial charge in [0.25, 0.3) is 11.8 Å². The summed E-state index contributed by atoms with van der Waals surface area (Å²) in [5.74, 6) is -0.459. The second-order valence-electron chi connectivity index (χ2n) is 4.05. The molecule has 0 aliphatic carbocycles. The van der Waals surface area contributed by atoms with E-state index in [4.69, 9.17) is 5.73 Å². The molecule has 6 heteroatoms. The molecule has 3 N–H and O–H groups in total. The molecule has 0 aromatic carbocycles. The van der Waals surface area contributed by atoms with Crippen LogP contribution in [-0.2, 0) is 6.42 Å². The number of rotatable bonds is 5. The molecule has 0 radical (unpaired) electrons. The van der Waals surface area contributed by atoms with Gasteiger partial charge in [-0.2, -0.15) is 0 Å². The van der Waals surface area contributed by atoms with Gasteiger partial charge in [-0.05, 0) is 37.6 Å². The fraction of sp³-hybridized carbons (Fsp3) is 0.231. The van der Waals surface area contributed by atoms with Crippen molar-refractivity contribution in [1.29, 1.82) is 0 Å². The quantitative estimate of drug-likeness (QED) is 0.887. The zero-order valence-corrected chi connectivity index (χ0v) is 12.1. The first-order chi connectivity index (χ1) is 9.06. The highest BCUT2D eigenvalue weighted by atomic mass is 32.1. The minimum absolute atomic E-state index is 0.0511. The summed E-state index contributed by atoms with van der Waals surface area (Å²) in [6, 6.07) is 7.34. The molecule has 0 spiro atoms. The lowest BCUT2D eigenvalue weighted by molar-refractivity contribution is 0.0956. The molecule has 0 fully saturated rings. The molecule has 0 aliphatic rings. The van der Waals surface area contributed by atoms with Gasteiger partial charge in [0.05, 0.1) is 9.75 Å². The van der Waals surface area contributed by atoms with E-state index in [0.717, 1.165) is 14.6 Å². The third kappa shape index (κ3) is 3.65. The van der Waals surface area contributed by atoms with Gasteiger partial charge in [0, 0.05) is 16.3 Å². The minimum Gasteiger partial charge on any atom is -0.365 e. The molecule has 0 aliphatic heterocycles. The molecule has 0 atom stereocenters. The molecule has 2 rings (SSSR count).